The van der Waals surface area contributed by atoms with Gasteiger partial charge in [-0.3, -0.25) is 4.79 Å². The lowest BCUT2D eigenvalue weighted by atomic mass is 10.00. The van der Waals surface area contributed by atoms with Gasteiger partial charge in [0.05, 0.1) is 4.24 Å². The van der Waals surface area contributed by atoms with Gasteiger partial charge < -0.3 is 0 Å². The molecule has 0 unspecified atom stereocenters. The van der Waals surface area contributed by atoms with E-state index in [4.69, 9.17) is 0 Å². The second-order valence-electron chi connectivity index (χ2n) is 6.03. The zero-order valence-electron chi connectivity index (χ0n) is 14.2. The highest BCUT2D eigenvalue weighted by atomic mass is 32.2. The van der Waals surface area contributed by atoms with Gasteiger partial charge in [-0.1, -0.05) is 72.8 Å². The molecule has 1 saturated heterocycles. The minimum Gasteiger partial charge on any atom is -0.289 e. The van der Waals surface area contributed by atoms with E-state index in [0.29, 0.717) is 0 Å². The van der Waals surface area contributed by atoms with E-state index in [-0.39, 0.29) is 5.78 Å². The zero-order valence-corrected chi connectivity index (χ0v) is 15.9. The predicted molar refractivity (Wildman–Crippen MR) is 116 cm³/mol. The summed E-state index contributed by atoms with van der Waals surface area (Å²) in [5.74, 6) is 2.22. The summed E-state index contributed by atoms with van der Waals surface area (Å²) >= 11 is 3.57. The standard InChI is InChI=1S/C23H18OS2/c24-22(20-12-11-18-8-4-5-9-19(18)16-20)21(23-25-14-15-26-23)13-10-17-6-2-1-3-7-17/h1-13,16H,14-15H2/b13-10+. The Hall–Kier alpha value is -2.23. The molecule has 3 aromatic carbocycles. The summed E-state index contributed by atoms with van der Waals surface area (Å²) in [6.45, 7) is 0. The molecule has 26 heavy (non-hydrogen) atoms. The van der Waals surface area contributed by atoms with E-state index in [2.05, 4.69) is 12.1 Å². The van der Waals surface area contributed by atoms with Crippen molar-refractivity contribution in [3.63, 3.8) is 0 Å². The van der Waals surface area contributed by atoms with Crippen molar-refractivity contribution in [2.45, 2.75) is 0 Å². The number of ketones is 1. The molecule has 0 amide bonds. The molecule has 0 saturated carbocycles. The summed E-state index contributed by atoms with van der Waals surface area (Å²) in [5, 5.41) is 2.25. The van der Waals surface area contributed by atoms with Gasteiger partial charge in [0.15, 0.2) is 5.78 Å². The topological polar surface area (TPSA) is 17.1 Å². The van der Waals surface area contributed by atoms with E-state index < -0.39 is 0 Å². The van der Waals surface area contributed by atoms with Crippen molar-refractivity contribution in [2.75, 3.05) is 11.5 Å². The normalized spacial score (nSPS) is 14.2. The van der Waals surface area contributed by atoms with Crippen LogP contribution in [0.15, 0.2) is 88.7 Å². The Morgan fingerprint density at radius 1 is 0.808 bits per heavy atom. The first-order chi connectivity index (χ1) is 12.8. The molecular weight excluding hydrogens is 356 g/mol. The van der Waals surface area contributed by atoms with Crippen LogP contribution in [0.5, 0.6) is 0 Å². The van der Waals surface area contributed by atoms with Crippen molar-refractivity contribution in [3.05, 3.63) is 99.8 Å². The van der Waals surface area contributed by atoms with Crippen molar-refractivity contribution in [1.29, 1.82) is 0 Å². The first-order valence-electron chi connectivity index (χ1n) is 8.58. The second-order valence-corrected chi connectivity index (χ2v) is 8.50. The molecule has 4 rings (SSSR count). The van der Waals surface area contributed by atoms with Crippen LogP contribution >= 0.6 is 23.5 Å². The maximum atomic E-state index is 13.3. The van der Waals surface area contributed by atoms with Gasteiger partial charge >= 0.3 is 0 Å². The summed E-state index contributed by atoms with van der Waals surface area (Å²) in [6.07, 6.45) is 4.01. The minimum absolute atomic E-state index is 0.0971. The van der Waals surface area contributed by atoms with E-state index in [0.717, 1.165) is 43.2 Å². The highest BCUT2D eigenvalue weighted by Crippen LogP contribution is 2.40. The number of rotatable bonds is 4. The van der Waals surface area contributed by atoms with Crippen molar-refractivity contribution in [2.24, 2.45) is 0 Å². The van der Waals surface area contributed by atoms with Gasteiger partial charge in [0.25, 0.3) is 0 Å². The predicted octanol–water partition coefficient (Wildman–Crippen LogP) is 6.43. The number of allylic oxidation sites excluding steroid dienone is 2. The number of Topliss-reactive ketones (excluding diaryl/α,β-unsaturated/α-hetero) is 1. The fourth-order valence-corrected chi connectivity index (χ4v) is 5.44. The van der Waals surface area contributed by atoms with Gasteiger partial charge in [-0.15, -0.1) is 23.5 Å². The van der Waals surface area contributed by atoms with Gasteiger partial charge in [-0.2, -0.15) is 0 Å². The first kappa shape index (κ1) is 17.2. The molecule has 3 heteroatoms. The zero-order chi connectivity index (χ0) is 17.8. The molecule has 1 aliphatic heterocycles. The lowest BCUT2D eigenvalue weighted by Crippen LogP contribution is -2.03. The number of benzene rings is 3. The highest BCUT2D eigenvalue weighted by Gasteiger charge is 2.19. The van der Waals surface area contributed by atoms with Gasteiger partial charge in [0, 0.05) is 22.6 Å². The van der Waals surface area contributed by atoms with Gasteiger partial charge in [-0.05, 0) is 28.5 Å². The van der Waals surface area contributed by atoms with Crippen molar-refractivity contribution >= 4 is 46.2 Å². The van der Waals surface area contributed by atoms with Crippen LogP contribution < -0.4 is 0 Å². The van der Waals surface area contributed by atoms with Crippen LogP contribution in [0.25, 0.3) is 16.8 Å². The third kappa shape index (κ3) is 3.79. The first-order valence-corrected chi connectivity index (χ1v) is 10.5. The summed E-state index contributed by atoms with van der Waals surface area (Å²) in [6, 6.07) is 24.2. The number of thioether (sulfide) groups is 2. The monoisotopic (exact) mass is 374 g/mol. The van der Waals surface area contributed by atoms with E-state index in [9.17, 15) is 4.79 Å². The molecule has 0 radical (unpaired) electrons. The number of fused-ring (bicyclic) bond motifs is 1. The average molecular weight is 375 g/mol. The maximum absolute atomic E-state index is 13.3. The quantitative estimate of drug-likeness (QED) is 0.387. The third-order valence-electron chi connectivity index (χ3n) is 4.27. The molecule has 128 valence electrons. The molecule has 1 heterocycles. The lowest BCUT2D eigenvalue weighted by molar-refractivity contribution is 0.103. The van der Waals surface area contributed by atoms with Crippen LogP contribution in [0.3, 0.4) is 0 Å². The Balaban J connectivity index is 1.72. The fourth-order valence-electron chi connectivity index (χ4n) is 2.93. The summed E-state index contributed by atoms with van der Waals surface area (Å²) in [5.41, 5.74) is 2.65. The van der Waals surface area contributed by atoms with Crippen molar-refractivity contribution in [1.82, 2.24) is 0 Å². The Morgan fingerprint density at radius 3 is 2.27 bits per heavy atom. The SMILES string of the molecule is O=C(C(/C=C/c1ccccc1)=C1SCCS1)c1ccc2ccccc2c1. The Morgan fingerprint density at radius 2 is 1.50 bits per heavy atom. The molecule has 1 nitrogen and oxygen atoms in total. The Bertz CT molecular complexity index is 995. The molecule has 1 aliphatic rings. The molecule has 0 aromatic heterocycles. The molecule has 3 aromatic rings. The molecule has 0 atom stereocenters. The third-order valence-corrected chi connectivity index (χ3v) is 7.01. The van der Waals surface area contributed by atoms with Crippen LogP contribution in [-0.2, 0) is 0 Å². The van der Waals surface area contributed by atoms with Gasteiger partial charge in [0.1, 0.15) is 0 Å². The van der Waals surface area contributed by atoms with Gasteiger partial charge in [-0.25, -0.2) is 0 Å². The van der Waals surface area contributed by atoms with E-state index in [1.165, 1.54) is 0 Å². The number of hydrogen-bond acceptors (Lipinski definition) is 3. The van der Waals surface area contributed by atoms with Gasteiger partial charge in [0.2, 0.25) is 0 Å². The van der Waals surface area contributed by atoms with E-state index in [1.807, 2.05) is 72.8 Å². The van der Waals surface area contributed by atoms with Crippen molar-refractivity contribution < 1.29 is 4.79 Å². The highest BCUT2D eigenvalue weighted by molar-refractivity contribution is 8.25. The largest absolute Gasteiger partial charge is 0.289 e. The molecule has 0 bridgehead atoms. The number of carbonyl (C=O) groups is 1. The van der Waals surface area contributed by atoms with Crippen LogP contribution in [-0.4, -0.2) is 17.3 Å². The van der Waals surface area contributed by atoms with Crippen LogP contribution in [0.4, 0.5) is 0 Å². The molecular formula is C23H18OS2. The van der Waals surface area contributed by atoms with Crippen LogP contribution in [0, 0.1) is 0 Å². The second kappa shape index (κ2) is 7.98. The fraction of sp³-hybridized carbons (Fsp3) is 0.0870. The van der Waals surface area contributed by atoms with Crippen molar-refractivity contribution in [3.8, 4) is 0 Å². The summed E-state index contributed by atoms with van der Waals surface area (Å²) in [4.78, 5) is 13.3. The maximum Gasteiger partial charge on any atom is 0.194 e. The average Bonchev–Trinajstić information content (AvgIpc) is 3.23. The van der Waals surface area contributed by atoms with Crippen LogP contribution in [0.2, 0.25) is 0 Å². The Kier molecular flexibility index (Phi) is 5.28. The molecule has 0 spiro atoms. The van der Waals surface area contributed by atoms with E-state index >= 15 is 0 Å². The Labute approximate surface area is 162 Å². The minimum atomic E-state index is 0.0971. The smallest absolute Gasteiger partial charge is 0.194 e. The molecule has 0 N–H and O–H groups in total. The lowest BCUT2D eigenvalue weighted by Gasteiger charge is -2.07. The van der Waals surface area contributed by atoms with E-state index in [1.54, 1.807) is 23.5 Å². The molecule has 0 aliphatic carbocycles. The number of hydrogen-bond donors (Lipinski definition) is 0. The summed E-state index contributed by atoms with van der Waals surface area (Å²) < 4.78 is 1.13. The summed E-state index contributed by atoms with van der Waals surface area (Å²) in [7, 11) is 0. The van der Waals surface area contributed by atoms with Crippen LogP contribution in [0.1, 0.15) is 15.9 Å². The molecule has 1 fully saturated rings. The number of carbonyl (C=O) groups excluding carboxylic acids is 1.